The molecule has 2 aromatic rings. The van der Waals surface area contributed by atoms with Gasteiger partial charge in [-0.3, -0.25) is 14.4 Å². The number of carbonyl (C=O) groups excluding carboxylic acids is 2. The molecule has 1 fully saturated rings. The second-order valence-corrected chi connectivity index (χ2v) is 11.9. The average Bonchev–Trinajstić information content (AvgIpc) is 2.91. The summed E-state index contributed by atoms with van der Waals surface area (Å²) in [7, 11) is -4.31. The second kappa shape index (κ2) is 11.7. The number of fused-ring (bicyclic) bond motifs is 1. The third kappa shape index (κ3) is 7.01. The Morgan fingerprint density at radius 2 is 1.73 bits per heavy atom. The van der Waals surface area contributed by atoms with Gasteiger partial charge < -0.3 is 19.5 Å². The van der Waals surface area contributed by atoms with E-state index in [-0.39, 0.29) is 46.9 Å². The van der Waals surface area contributed by atoms with E-state index in [1.54, 1.807) is 0 Å². The van der Waals surface area contributed by atoms with Crippen molar-refractivity contribution < 1.29 is 49.8 Å². The van der Waals surface area contributed by atoms with Gasteiger partial charge >= 0.3 is 12.3 Å². The Balaban J connectivity index is 1.59. The molecular weight excluding hydrogens is 574 g/mol. The quantitative estimate of drug-likeness (QED) is 0.455. The number of ether oxygens (including phenoxy) is 3. The molecule has 2 aliphatic heterocycles. The third-order valence-corrected chi connectivity index (χ3v) is 8.46. The fourth-order valence-electron chi connectivity index (χ4n) is 4.21. The summed E-state index contributed by atoms with van der Waals surface area (Å²) in [5.41, 5.74) is -2.88. The molecule has 0 aromatic heterocycles. The van der Waals surface area contributed by atoms with Gasteiger partial charge in [0.05, 0.1) is 23.7 Å². The van der Waals surface area contributed by atoms with Gasteiger partial charge in [0.2, 0.25) is 11.5 Å². The summed E-state index contributed by atoms with van der Waals surface area (Å²) in [6.45, 7) is 2.01. The summed E-state index contributed by atoms with van der Waals surface area (Å²) in [6, 6.07) is 7.97. The Morgan fingerprint density at radius 1 is 1.07 bits per heavy atom. The molecule has 2 aromatic carbocycles. The van der Waals surface area contributed by atoms with Gasteiger partial charge in [-0.25, -0.2) is 17.6 Å². The second-order valence-electron chi connectivity index (χ2n) is 10.1. The molecule has 0 aliphatic carbocycles. The summed E-state index contributed by atoms with van der Waals surface area (Å²) in [4.78, 5) is 24.6. The van der Waals surface area contributed by atoms with E-state index in [0.29, 0.717) is 39.9 Å². The zero-order chi connectivity index (χ0) is 30.0. The molecular formula is C26H29F4N3O7S. The Hall–Kier alpha value is -3.59. The predicted octanol–water partition coefficient (Wildman–Crippen LogP) is 4.21. The van der Waals surface area contributed by atoms with Crippen LogP contribution in [0.2, 0.25) is 0 Å². The number of halogens is 4. The molecule has 2 amide bonds. The first-order valence-corrected chi connectivity index (χ1v) is 14.1. The maximum Gasteiger partial charge on any atom is 0.427 e. The van der Waals surface area contributed by atoms with Gasteiger partial charge in [0.1, 0.15) is 17.7 Å². The standard InChI is InChI=1S/C26H29F4N3O7S/c1-25(2,26(28,29)30)40-24(35)32-18-5-8-22-21(13-18)33(41(36,37)20-6-3-17(27)4-7-20)15-19(39-22)14-31-23(34)16-9-11-38-12-10-16/h3-8,13,16,19H,9-12,14-15H2,1-2H3,(H,31,34)(H,32,35)/t19-/m0/s1. The highest BCUT2D eigenvalue weighted by Gasteiger charge is 2.51. The van der Waals surface area contributed by atoms with Crippen LogP contribution in [0.1, 0.15) is 26.7 Å². The van der Waals surface area contributed by atoms with Crippen molar-refractivity contribution in [2.75, 3.05) is 35.9 Å². The number of rotatable bonds is 7. The number of sulfonamides is 1. The maximum atomic E-state index is 13.6. The zero-order valence-electron chi connectivity index (χ0n) is 22.2. The van der Waals surface area contributed by atoms with E-state index >= 15 is 0 Å². The minimum atomic E-state index is -4.83. The molecule has 0 spiro atoms. The molecule has 4 rings (SSSR count). The van der Waals surface area contributed by atoms with Gasteiger partial charge in [-0.1, -0.05) is 0 Å². The Morgan fingerprint density at radius 3 is 2.37 bits per heavy atom. The highest BCUT2D eigenvalue weighted by molar-refractivity contribution is 7.92. The van der Waals surface area contributed by atoms with E-state index in [1.165, 1.54) is 18.2 Å². The van der Waals surface area contributed by atoms with Crippen molar-refractivity contribution in [2.24, 2.45) is 5.92 Å². The molecule has 2 heterocycles. The first-order valence-electron chi connectivity index (χ1n) is 12.7. The lowest BCUT2D eigenvalue weighted by Crippen LogP contribution is -2.49. The van der Waals surface area contributed by atoms with Crippen LogP contribution in [0.15, 0.2) is 47.4 Å². The zero-order valence-corrected chi connectivity index (χ0v) is 23.0. The minimum Gasteiger partial charge on any atom is -0.484 e. The van der Waals surface area contributed by atoms with Crippen LogP contribution in [0.5, 0.6) is 5.75 Å². The largest absolute Gasteiger partial charge is 0.484 e. The number of anilines is 2. The van der Waals surface area contributed by atoms with E-state index in [9.17, 15) is 35.6 Å². The normalized spacial score (nSPS) is 18.2. The molecule has 10 nitrogen and oxygen atoms in total. The van der Waals surface area contributed by atoms with Gasteiger partial charge in [-0.2, -0.15) is 13.2 Å². The summed E-state index contributed by atoms with van der Waals surface area (Å²) in [5.74, 6) is -1.03. The van der Waals surface area contributed by atoms with E-state index < -0.39 is 39.8 Å². The van der Waals surface area contributed by atoms with Crippen molar-refractivity contribution in [2.45, 2.75) is 49.5 Å². The molecule has 1 atom stereocenters. The number of carbonyl (C=O) groups is 2. The number of hydrogen-bond donors (Lipinski definition) is 2. The van der Waals surface area contributed by atoms with E-state index in [2.05, 4.69) is 15.4 Å². The number of hydrogen-bond acceptors (Lipinski definition) is 7. The fourth-order valence-corrected chi connectivity index (χ4v) is 5.71. The maximum absolute atomic E-state index is 13.6. The number of alkyl halides is 3. The lowest BCUT2D eigenvalue weighted by Gasteiger charge is -2.36. The molecule has 0 bridgehead atoms. The van der Waals surface area contributed by atoms with Gasteiger partial charge in [0, 0.05) is 24.8 Å². The molecule has 224 valence electrons. The van der Waals surface area contributed by atoms with Crippen molar-refractivity contribution in [3.8, 4) is 5.75 Å². The van der Waals surface area contributed by atoms with Crippen LogP contribution in [-0.2, 0) is 24.3 Å². The highest BCUT2D eigenvalue weighted by atomic mass is 32.2. The number of benzene rings is 2. The Kier molecular flexibility index (Phi) is 8.68. The summed E-state index contributed by atoms with van der Waals surface area (Å²) in [5, 5.41) is 4.96. The highest BCUT2D eigenvalue weighted by Crippen LogP contribution is 2.39. The summed E-state index contributed by atoms with van der Waals surface area (Å²) in [6.07, 6.45) is -5.94. The van der Waals surface area contributed by atoms with Crippen LogP contribution in [0, 0.1) is 11.7 Å². The predicted molar refractivity (Wildman–Crippen MR) is 139 cm³/mol. The van der Waals surface area contributed by atoms with Crippen molar-refractivity contribution >= 4 is 33.4 Å². The summed E-state index contributed by atoms with van der Waals surface area (Å²) < 4.78 is 96.9. The molecule has 1 saturated heterocycles. The molecule has 41 heavy (non-hydrogen) atoms. The van der Waals surface area contributed by atoms with Crippen molar-refractivity contribution in [3.63, 3.8) is 0 Å². The van der Waals surface area contributed by atoms with Crippen molar-refractivity contribution in [3.05, 3.63) is 48.3 Å². The average molecular weight is 604 g/mol. The fraction of sp³-hybridized carbons (Fsp3) is 0.462. The topological polar surface area (TPSA) is 123 Å². The molecule has 15 heteroatoms. The number of amides is 2. The molecule has 2 aliphatic rings. The first-order chi connectivity index (χ1) is 19.2. The van der Waals surface area contributed by atoms with Crippen LogP contribution in [0.3, 0.4) is 0 Å². The number of nitrogens with one attached hydrogen (secondary N) is 2. The van der Waals surface area contributed by atoms with E-state index in [0.717, 1.165) is 28.6 Å². The molecule has 0 unspecified atom stereocenters. The lowest BCUT2D eigenvalue weighted by atomic mass is 9.99. The van der Waals surface area contributed by atoms with Gasteiger partial charge in [0.25, 0.3) is 10.0 Å². The first kappa shape index (κ1) is 30.4. The van der Waals surface area contributed by atoms with Crippen molar-refractivity contribution in [1.82, 2.24) is 5.32 Å². The van der Waals surface area contributed by atoms with Crippen LogP contribution in [0.25, 0.3) is 0 Å². The number of nitrogens with zero attached hydrogens (tertiary/aromatic N) is 1. The van der Waals surface area contributed by atoms with Crippen LogP contribution in [-0.4, -0.2) is 64.6 Å². The van der Waals surface area contributed by atoms with Gasteiger partial charge in [-0.15, -0.1) is 0 Å². The van der Waals surface area contributed by atoms with E-state index in [4.69, 9.17) is 9.47 Å². The lowest BCUT2D eigenvalue weighted by molar-refractivity contribution is -0.242. The van der Waals surface area contributed by atoms with Gasteiger partial charge in [0.15, 0.2) is 0 Å². The van der Waals surface area contributed by atoms with Crippen LogP contribution in [0.4, 0.5) is 33.7 Å². The minimum absolute atomic E-state index is 0.0239. The third-order valence-electron chi connectivity index (χ3n) is 6.67. The monoisotopic (exact) mass is 603 g/mol. The smallest absolute Gasteiger partial charge is 0.427 e. The molecule has 2 N–H and O–H groups in total. The van der Waals surface area contributed by atoms with Crippen LogP contribution >= 0.6 is 0 Å². The molecule has 0 saturated carbocycles. The molecule has 0 radical (unpaired) electrons. The Bertz CT molecular complexity index is 1380. The van der Waals surface area contributed by atoms with E-state index in [1.807, 2.05) is 0 Å². The summed E-state index contributed by atoms with van der Waals surface area (Å²) >= 11 is 0. The SMILES string of the molecule is CC(C)(OC(=O)Nc1ccc2c(c1)N(S(=O)(=O)c1ccc(F)cc1)C[C@H](CNC(=O)C1CCOCC1)O2)C(F)(F)F. The van der Waals surface area contributed by atoms with Crippen molar-refractivity contribution in [1.29, 1.82) is 0 Å². The van der Waals surface area contributed by atoms with Crippen LogP contribution < -0.4 is 19.7 Å². The van der Waals surface area contributed by atoms with Gasteiger partial charge in [-0.05, 0) is 69.2 Å². The Labute approximate surface area is 234 Å².